The molecule has 0 aromatic rings. The molecule has 2 heterocycles. The van der Waals surface area contributed by atoms with Crippen molar-refractivity contribution < 1.29 is 4.79 Å². The van der Waals surface area contributed by atoms with Crippen LogP contribution < -0.4 is 10.6 Å². The minimum Gasteiger partial charge on any atom is -0.373 e. The van der Waals surface area contributed by atoms with Crippen LogP contribution in [0.3, 0.4) is 0 Å². The average Bonchev–Trinajstić information content (AvgIpc) is 2.53. The summed E-state index contributed by atoms with van der Waals surface area (Å²) < 4.78 is 0. The summed E-state index contributed by atoms with van der Waals surface area (Å²) in [6, 6.07) is 0.165. The maximum Gasteiger partial charge on any atom is 0.318 e. The number of rotatable bonds is 2. The minimum atomic E-state index is -0.0668. The highest BCUT2D eigenvalue weighted by molar-refractivity contribution is 5.92. The van der Waals surface area contributed by atoms with E-state index in [1.165, 1.54) is 0 Å². The lowest BCUT2D eigenvalue weighted by molar-refractivity contribution is 0.203. The van der Waals surface area contributed by atoms with Crippen molar-refractivity contribution in [1.82, 2.24) is 15.5 Å². The number of hydrogen-bond donors (Lipinski definition) is 3. The second-order valence-corrected chi connectivity index (χ2v) is 3.73. The van der Waals surface area contributed by atoms with Gasteiger partial charge < -0.3 is 15.5 Å². The Bertz CT molecular complexity index is 314. The van der Waals surface area contributed by atoms with Crippen molar-refractivity contribution in [3.8, 4) is 0 Å². The van der Waals surface area contributed by atoms with Crippen molar-refractivity contribution in [1.29, 1.82) is 5.53 Å². The quantitative estimate of drug-likeness (QED) is 0.261. The van der Waals surface area contributed by atoms with E-state index in [1.54, 1.807) is 11.9 Å². The Hall–Kier alpha value is -1.66. The Kier molecular flexibility index (Phi) is 2.53. The third-order valence-corrected chi connectivity index (χ3v) is 2.90. The summed E-state index contributed by atoms with van der Waals surface area (Å²) in [6.07, 6.45) is 1.81. The van der Waals surface area contributed by atoms with Crippen LogP contribution in [-0.2, 0) is 0 Å². The van der Waals surface area contributed by atoms with Crippen LogP contribution in [0.5, 0.6) is 0 Å². The predicted octanol–water partition coefficient (Wildman–Crippen LogP) is 0.106. The molecule has 82 valence electrons. The van der Waals surface area contributed by atoms with Gasteiger partial charge in [0.25, 0.3) is 0 Å². The lowest BCUT2D eigenvalue weighted by Crippen LogP contribution is -2.49. The molecule has 7 nitrogen and oxygen atoms in total. The van der Waals surface area contributed by atoms with Crippen molar-refractivity contribution in [2.24, 2.45) is 10.3 Å². The van der Waals surface area contributed by atoms with Crippen LogP contribution in [0.15, 0.2) is 10.3 Å². The lowest BCUT2D eigenvalue weighted by atomic mass is 10.0. The van der Waals surface area contributed by atoms with E-state index >= 15 is 0 Å². The van der Waals surface area contributed by atoms with Crippen molar-refractivity contribution in [2.45, 2.75) is 24.9 Å². The molecule has 0 unspecified atom stereocenters. The van der Waals surface area contributed by atoms with E-state index < -0.39 is 0 Å². The van der Waals surface area contributed by atoms with Crippen LogP contribution >= 0.6 is 0 Å². The van der Waals surface area contributed by atoms with E-state index in [1.807, 2.05) is 0 Å². The molecule has 3 N–H and O–H groups in total. The second kappa shape index (κ2) is 3.84. The van der Waals surface area contributed by atoms with Crippen molar-refractivity contribution in [3.63, 3.8) is 0 Å². The summed E-state index contributed by atoms with van der Waals surface area (Å²) in [6.45, 7) is 0.724. The Morgan fingerprint density at radius 2 is 2.47 bits per heavy atom. The molecule has 0 spiro atoms. The van der Waals surface area contributed by atoms with E-state index in [-0.39, 0.29) is 18.1 Å². The molecule has 7 heteroatoms. The van der Waals surface area contributed by atoms with Crippen molar-refractivity contribution in [3.05, 3.63) is 0 Å². The fourth-order valence-electron chi connectivity index (χ4n) is 2.19. The zero-order valence-corrected chi connectivity index (χ0v) is 8.53. The summed E-state index contributed by atoms with van der Waals surface area (Å²) >= 11 is 0. The highest BCUT2D eigenvalue weighted by Gasteiger charge is 2.40. The van der Waals surface area contributed by atoms with E-state index in [9.17, 15) is 4.79 Å². The number of hydrogen-bond acceptors (Lipinski definition) is 3. The standard InChI is InChI=1S/C8H14N6O/c1-10-7(12-13-9)6-3-2-5-4-14(6)8(15)11-5/h5-6H,2-4H2,1H3,(H,11,15)(H2,9,10,12)/t5-,6+/m1/s1. The molecule has 2 amide bonds. The smallest absolute Gasteiger partial charge is 0.318 e. The van der Waals surface area contributed by atoms with Gasteiger partial charge in [-0.2, -0.15) is 5.53 Å². The lowest BCUT2D eigenvalue weighted by Gasteiger charge is -2.30. The molecule has 0 aromatic carbocycles. The number of piperidine rings is 1. The Morgan fingerprint density at radius 3 is 3.13 bits per heavy atom. The number of likely N-dealkylation sites (N-methyl/N-ethyl adjacent to an activating group) is 1. The molecular weight excluding hydrogens is 196 g/mol. The van der Waals surface area contributed by atoms with Gasteiger partial charge in [-0.15, -0.1) is 5.10 Å². The maximum absolute atomic E-state index is 11.5. The largest absolute Gasteiger partial charge is 0.373 e. The summed E-state index contributed by atoms with van der Waals surface area (Å²) in [4.78, 5) is 13.3. The molecule has 2 fully saturated rings. The van der Waals surface area contributed by atoms with Crippen molar-refractivity contribution >= 4 is 11.9 Å². The first-order valence-electron chi connectivity index (χ1n) is 4.95. The van der Waals surface area contributed by atoms with Gasteiger partial charge in [0.05, 0.1) is 6.04 Å². The zero-order chi connectivity index (χ0) is 10.8. The number of carbonyl (C=O) groups excluding carboxylic acids is 1. The number of nitrogens with zero attached hydrogens (tertiary/aromatic N) is 3. The zero-order valence-electron chi connectivity index (χ0n) is 8.53. The van der Waals surface area contributed by atoms with Crippen LogP contribution in [0.4, 0.5) is 4.79 Å². The van der Waals surface area contributed by atoms with E-state index in [2.05, 4.69) is 21.0 Å². The van der Waals surface area contributed by atoms with Gasteiger partial charge in [0.15, 0.2) is 0 Å². The molecule has 15 heavy (non-hydrogen) atoms. The van der Waals surface area contributed by atoms with Gasteiger partial charge in [-0.1, -0.05) is 5.22 Å². The minimum absolute atomic E-state index is 0.0459. The van der Waals surface area contributed by atoms with Gasteiger partial charge in [-0.25, -0.2) is 4.79 Å². The second-order valence-electron chi connectivity index (χ2n) is 3.73. The number of fused-ring (bicyclic) bond motifs is 2. The molecule has 2 saturated heterocycles. The van der Waals surface area contributed by atoms with Crippen LogP contribution in [0.25, 0.3) is 0 Å². The van der Waals surface area contributed by atoms with E-state index in [4.69, 9.17) is 5.53 Å². The fraction of sp³-hybridized carbons (Fsp3) is 0.750. The fourth-order valence-corrected chi connectivity index (χ4v) is 2.19. The van der Waals surface area contributed by atoms with Crippen LogP contribution in [0, 0.1) is 5.53 Å². The summed E-state index contributed by atoms with van der Waals surface area (Å²) in [5, 5.41) is 12.5. The monoisotopic (exact) mass is 210 g/mol. The van der Waals surface area contributed by atoms with Crippen molar-refractivity contribution in [2.75, 3.05) is 13.6 Å². The summed E-state index contributed by atoms with van der Waals surface area (Å²) in [5.41, 5.74) is 6.72. The topological polar surface area (TPSA) is 92.9 Å². The molecular formula is C8H14N6O. The van der Waals surface area contributed by atoms with Gasteiger partial charge in [0.1, 0.15) is 5.84 Å². The van der Waals surface area contributed by atoms with Gasteiger partial charge in [-0.05, 0) is 12.8 Å². The Balaban J connectivity index is 2.18. The van der Waals surface area contributed by atoms with E-state index in [0.29, 0.717) is 5.84 Å². The van der Waals surface area contributed by atoms with Crippen LogP contribution in [0.1, 0.15) is 12.8 Å². The van der Waals surface area contributed by atoms with Gasteiger partial charge in [-0.3, -0.25) is 0 Å². The molecule has 0 radical (unpaired) electrons. The first-order chi connectivity index (χ1) is 7.26. The first kappa shape index (κ1) is 9.88. The number of amidine groups is 1. The normalized spacial score (nSPS) is 30.1. The van der Waals surface area contributed by atoms with Gasteiger partial charge in [0.2, 0.25) is 0 Å². The number of urea groups is 1. The van der Waals surface area contributed by atoms with Gasteiger partial charge in [0, 0.05) is 19.6 Å². The average molecular weight is 210 g/mol. The molecule has 2 atom stereocenters. The molecule has 0 aromatic heterocycles. The third-order valence-electron chi connectivity index (χ3n) is 2.90. The molecule has 2 aliphatic rings. The highest BCUT2D eigenvalue weighted by Crippen LogP contribution is 2.23. The molecule has 2 rings (SSSR count). The predicted molar refractivity (Wildman–Crippen MR) is 53.7 cm³/mol. The van der Waals surface area contributed by atoms with Gasteiger partial charge >= 0.3 is 6.03 Å². The Morgan fingerprint density at radius 1 is 1.67 bits per heavy atom. The molecule has 0 aliphatic carbocycles. The molecule has 0 saturated carbocycles. The highest BCUT2D eigenvalue weighted by atomic mass is 16.2. The van der Waals surface area contributed by atoms with E-state index in [0.717, 1.165) is 19.4 Å². The first-order valence-corrected chi connectivity index (χ1v) is 4.95. The number of amides is 2. The number of nitrogens with one attached hydrogen (secondary N) is 3. The Labute approximate surface area is 87.4 Å². The summed E-state index contributed by atoms with van der Waals surface area (Å²) in [5.74, 6) is 0.584. The van der Waals surface area contributed by atoms with Crippen LogP contribution in [-0.4, -0.2) is 42.4 Å². The molecule has 2 aliphatic heterocycles. The summed E-state index contributed by atoms with van der Waals surface area (Å²) in [7, 11) is 1.73. The third kappa shape index (κ3) is 1.64. The SMILES string of the molecule is CN/C(=N\N=N)[C@@H]1CC[C@@H]2CN1C(=O)N2. The molecule has 2 bridgehead atoms. The maximum atomic E-state index is 11.5. The number of carbonyl (C=O) groups is 1. The van der Waals surface area contributed by atoms with Crippen LogP contribution in [0.2, 0.25) is 0 Å².